The predicted octanol–water partition coefficient (Wildman–Crippen LogP) is 4.18. The molecule has 1 saturated carbocycles. The molecule has 0 radical (unpaired) electrons. The summed E-state index contributed by atoms with van der Waals surface area (Å²) in [6.07, 6.45) is 5.28. The minimum atomic E-state index is -0.615. The number of carbonyl (C=O) groups excluding carboxylic acids is 3. The molecule has 3 rings (SSSR count). The van der Waals surface area contributed by atoms with Crippen LogP contribution in [0.25, 0.3) is 0 Å². The largest absolute Gasteiger partial charge is 0.482 e. The van der Waals surface area contributed by atoms with E-state index in [1.165, 1.54) is 13.3 Å². The molecular formula is C24H27NO5. The molecule has 6 heteroatoms. The number of nitrogens with zero attached hydrogens (tertiary/aromatic N) is 1. The van der Waals surface area contributed by atoms with Gasteiger partial charge in [0.2, 0.25) is 0 Å². The van der Waals surface area contributed by atoms with E-state index in [1.54, 1.807) is 29.2 Å². The zero-order chi connectivity index (χ0) is 21.3. The Labute approximate surface area is 176 Å². The standard InChI is InChI=1S/C24H27NO5/c1-18(26)19-12-14-22(15-13-19)29-17-24(28)30-16-23(27)25(20-8-4-2-5-9-20)21-10-6-3-7-11-21/h2,4-5,8-9,12-15,21H,3,6-7,10-11,16-17H2,1H3. The van der Waals surface area contributed by atoms with Gasteiger partial charge < -0.3 is 14.4 Å². The first-order chi connectivity index (χ1) is 14.5. The SMILES string of the molecule is CC(=O)c1ccc(OCC(=O)OCC(=O)N(c2ccccc2)C2CCCCC2)cc1. The average Bonchev–Trinajstić information content (AvgIpc) is 2.78. The number of hydrogen-bond acceptors (Lipinski definition) is 5. The predicted molar refractivity (Wildman–Crippen MR) is 114 cm³/mol. The molecule has 1 aliphatic rings. The Morgan fingerprint density at radius 3 is 2.20 bits per heavy atom. The molecule has 30 heavy (non-hydrogen) atoms. The molecule has 158 valence electrons. The Bertz CT molecular complexity index is 857. The maximum atomic E-state index is 12.9. The van der Waals surface area contributed by atoms with Gasteiger partial charge in [-0.25, -0.2) is 4.79 Å². The highest BCUT2D eigenvalue weighted by Crippen LogP contribution is 2.27. The summed E-state index contributed by atoms with van der Waals surface area (Å²) in [6.45, 7) is 0.856. The Balaban J connectivity index is 1.54. The molecule has 0 atom stereocenters. The molecule has 0 spiro atoms. The third-order valence-electron chi connectivity index (χ3n) is 5.22. The number of anilines is 1. The van der Waals surface area contributed by atoms with Crippen LogP contribution in [0.15, 0.2) is 54.6 Å². The minimum absolute atomic E-state index is 0.0413. The number of carbonyl (C=O) groups is 3. The molecule has 6 nitrogen and oxygen atoms in total. The first kappa shape index (κ1) is 21.6. The monoisotopic (exact) mass is 409 g/mol. The van der Waals surface area contributed by atoms with Gasteiger partial charge in [-0.1, -0.05) is 37.5 Å². The summed E-state index contributed by atoms with van der Waals surface area (Å²) >= 11 is 0. The Hall–Kier alpha value is -3.15. The van der Waals surface area contributed by atoms with E-state index in [0.717, 1.165) is 31.4 Å². The zero-order valence-electron chi connectivity index (χ0n) is 17.2. The van der Waals surface area contributed by atoms with Gasteiger partial charge in [-0.05, 0) is 56.2 Å². The lowest BCUT2D eigenvalue weighted by molar-refractivity contribution is -0.149. The molecule has 0 aromatic heterocycles. The van der Waals surface area contributed by atoms with Crippen LogP contribution in [-0.4, -0.2) is 36.9 Å². The van der Waals surface area contributed by atoms with Crippen molar-refractivity contribution in [3.8, 4) is 5.75 Å². The van der Waals surface area contributed by atoms with Crippen LogP contribution in [0.3, 0.4) is 0 Å². The van der Waals surface area contributed by atoms with Crippen molar-refractivity contribution >= 4 is 23.3 Å². The van der Waals surface area contributed by atoms with Crippen molar-refractivity contribution in [3.05, 3.63) is 60.2 Å². The van der Waals surface area contributed by atoms with Crippen LogP contribution >= 0.6 is 0 Å². The van der Waals surface area contributed by atoms with Gasteiger partial charge in [0.1, 0.15) is 5.75 Å². The lowest BCUT2D eigenvalue weighted by Crippen LogP contribution is -2.44. The number of hydrogen-bond donors (Lipinski definition) is 0. The summed E-state index contributed by atoms with van der Waals surface area (Å²) in [5.41, 5.74) is 1.39. The van der Waals surface area contributed by atoms with Gasteiger partial charge in [0.15, 0.2) is 19.0 Å². The van der Waals surface area contributed by atoms with E-state index in [4.69, 9.17) is 9.47 Å². The summed E-state index contributed by atoms with van der Waals surface area (Å²) in [5.74, 6) is -0.431. The summed E-state index contributed by atoms with van der Waals surface area (Å²) < 4.78 is 10.6. The number of benzene rings is 2. The van der Waals surface area contributed by atoms with Gasteiger partial charge in [-0.3, -0.25) is 9.59 Å². The van der Waals surface area contributed by atoms with Crippen molar-refractivity contribution < 1.29 is 23.9 Å². The molecule has 1 aliphatic carbocycles. The van der Waals surface area contributed by atoms with E-state index in [1.807, 2.05) is 30.3 Å². The summed E-state index contributed by atoms with van der Waals surface area (Å²) in [5, 5.41) is 0. The molecule has 0 unspecified atom stereocenters. The number of ketones is 1. The van der Waals surface area contributed by atoms with Crippen LogP contribution in [0.1, 0.15) is 49.4 Å². The number of rotatable bonds is 8. The molecule has 2 aromatic carbocycles. The maximum Gasteiger partial charge on any atom is 0.344 e. The van der Waals surface area contributed by atoms with Crippen LogP contribution in [0.5, 0.6) is 5.75 Å². The quantitative estimate of drug-likeness (QED) is 0.483. The molecule has 1 amide bonds. The van der Waals surface area contributed by atoms with E-state index in [9.17, 15) is 14.4 Å². The molecule has 0 N–H and O–H groups in total. The number of Topliss-reactive ketones (excluding diaryl/α,β-unsaturated/α-hetero) is 1. The van der Waals surface area contributed by atoms with E-state index in [2.05, 4.69) is 0 Å². The van der Waals surface area contributed by atoms with Crippen LogP contribution in [0.2, 0.25) is 0 Å². The lowest BCUT2D eigenvalue weighted by Gasteiger charge is -2.34. The molecule has 1 fully saturated rings. The topological polar surface area (TPSA) is 72.9 Å². The first-order valence-electron chi connectivity index (χ1n) is 10.3. The lowest BCUT2D eigenvalue weighted by atomic mass is 9.93. The van der Waals surface area contributed by atoms with E-state index in [0.29, 0.717) is 11.3 Å². The molecular weight excluding hydrogens is 382 g/mol. The second kappa shape index (κ2) is 10.6. The molecule has 0 heterocycles. The highest BCUT2D eigenvalue weighted by Gasteiger charge is 2.27. The molecule has 0 saturated heterocycles. The van der Waals surface area contributed by atoms with Crippen LogP contribution in [-0.2, 0) is 14.3 Å². The van der Waals surface area contributed by atoms with Crippen LogP contribution in [0, 0.1) is 0 Å². The van der Waals surface area contributed by atoms with Gasteiger partial charge in [-0.15, -0.1) is 0 Å². The van der Waals surface area contributed by atoms with Crippen molar-refractivity contribution in [2.24, 2.45) is 0 Å². The summed E-state index contributed by atoms with van der Waals surface area (Å²) in [7, 11) is 0. The number of amides is 1. The second-order valence-corrected chi connectivity index (χ2v) is 7.42. The number of esters is 1. The van der Waals surface area contributed by atoms with E-state index < -0.39 is 5.97 Å². The van der Waals surface area contributed by atoms with Gasteiger partial charge in [0, 0.05) is 17.3 Å². The average molecular weight is 409 g/mol. The second-order valence-electron chi connectivity index (χ2n) is 7.42. The maximum absolute atomic E-state index is 12.9. The van der Waals surface area contributed by atoms with Crippen molar-refractivity contribution in [1.82, 2.24) is 0 Å². The Morgan fingerprint density at radius 1 is 0.900 bits per heavy atom. The fraction of sp³-hybridized carbons (Fsp3) is 0.375. The van der Waals surface area contributed by atoms with Crippen molar-refractivity contribution in [3.63, 3.8) is 0 Å². The van der Waals surface area contributed by atoms with E-state index in [-0.39, 0.29) is 30.9 Å². The summed E-state index contributed by atoms with van der Waals surface area (Å²) in [6, 6.07) is 16.2. The Kier molecular flexibility index (Phi) is 7.60. The smallest absolute Gasteiger partial charge is 0.344 e. The molecule has 2 aromatic rings. The first-order valence-corrected chi connectivity index (χ1v) is 10.3. The van der Waals surface area contributed by atoms with Crippen molar-refractivity contribution in [1.29, 1.82) is 0 Å². The molecule has 0 aliphatic heterocycles. The van der Waals surface area contributed by atoms with E-state index >= 15 is 0 Å². The normalized spacial score (nSPS) is 14.0. The molecule has 0 bridgehead atoms. The number of para-hydroxylation sites is 1. The fourth-order valence-electron chi connectivity index (χ4n) is 3.67. The number of ether oxygens (including phenoxy) is 2. The Morgan fingerprint density at radius 2 is 1.57 bits per heavy atom. The van der Waals surface area contributed by atoms with Gasteiger partial charge in [0.25, 0.3) is 5.91 Å². The van der Waals surface area contributed by atoms with Crippen LogP contribution in [0.4, 0.5) is 5.69 Å². The van der Waals surface area contributed by atoms with Gasteiger partial charge in [0.05, 0.1) is 0 Å². The third-order valence-corrected chi connectivity index (χ3v) is 5.22. The highest BCUT2D eigenvalue weighted by molar-refractivity contribution is 5.96. The van der Waals surface area contributed by atoms with Crippen LogP contribution < -0.4 is 9.64 Å². The van der Waals surface area contributed by atoms with Crippen molar-refractivity contribution in [2.75, 3.05) is 18.1 Å². The highest BCUT2D eigenvalue weighted by atomic mass is 16.6. The summed E-state index contributed by atoms with van der Waals surface area (Å²) in [4.78, 5) is 38.0. The minimum Gasteiger partial charge on any atom is -0.482 e. The fourth-order valence-corrected chi connectivity index (χ4v) is 3.67. The third kappa shape index (κ3) is 5.92. The van der Waals surface area contributed by atoms with Gasteiger partial charge >= 0.3 is 5.97 Å². The van der Waals surface area contributed by atoms with Crippen molar-refractivity contribution in [2.45, 2.75) is 45.1 Å². The zero-order valence-corrected chi connectivity index (χ0v) is 17.2. The van der Waals surface area contributed by atoms with Gasteiger partial charge in [-0.2, -0.15) is 0 Å².